The highest BCUT2D eigenvalue weighted by Crippen LogP contribution is 2.24. The molecular weight excluding hydrogens is 294 g/mol. The molecule has 6 nitrogen and oxygen atoms in total. The first-order valence-corrected chi connectivity index (χ1v) is 7.72. The molecule has 1 amide bonds. The van der Waals surface area contributed by atoms with Crippen LogP contribution in [0.25, 0.3) is 0 Å². The highest BCUT2D eigenvalue weighted by atomic mass is 16.5. The molecule has 1 fully saturated rings. The summed E-state index contributed by atoms with van der Waals surface area (Å²) in [5.74, 6) is 1.46. The van der Waals surface area contributed by atoms with Crippen LogP contribution in [0.2, 0.25) is 0 Å². The van der Waals surface area contributed by atoms with Crippen LogP contribution in [-0.2, 0) is 16.6 Å². The second kappa shape index (κ2) is 6.83. The summed E-state index contributed by atoms with van der Waals surface area (Å²) in [4.78, 5) is 16.9. The lowest BCUT2D eigenvalue weighted by atomic mass is 10.1. The molecule has 23 heavy (non-hydrogen) atoms. The van der Waals surface area contributed by atoms with Gasteiger partial charge in [-0.2, -0.15) is 0 Å². The SMILES string of the molecule is COc1ccc([C@@H](NC(=O)[C@H]2CCCO2)c2nccn2C)cc1. The van der Waals surface area contributed by atoms with Crippen LogP contribution in [0.15, 0.2) is 36.7 Å². The van der Waals surface area contributed by atoms with Crippen molar-refractivity contribution in [2.75, 3.05) is 13.7 Å². The lowest BCUT2D eigenvalue weighted by Crippen LogP contribution is -2.38. The Morgan fingerprint density at radius 3 is 2.78 bits per heavy atom. The second-order valence-corrected chi connectivity index (χ2v) is 5.61. The van der Waals surface area contributed by atoms with Crippen molar-refractivity contribution in [2.24, 2.45) is 7.05 Å². The van der Waals surface area contributed by atoms with Crippen molar-refractivity contribution in [1.29, 1.82) is 0 Å². The first-order valence-electron chi connectivity index (χ1n) is 7.72. The number of nitrogens with zero attached hydrogens (tertiary/aromatic N) is 2. The van der Waals surface area contributed by atoms with Crippen LogP contribution in [-0.4, -0.2) is 35.3 Å². The maximum Gasteiger partial charge on any atom is 0.249 e. The first-order chi connectivity index (χ1) is 11.2. The minimum atomic E-state index is -0.365. The van der Waals surface area contributed by atoms with E-state index in [1.807, 2.05) is 42.1 Å². The van der Waals surface area contributed by atoms with Crippen LogP contribution >= 0.6 is 0 Å². The molecule has 0 unspecified atom stereocenters. The van der Waals surface area contributed by atoms with Crippen molar-refractivity contribution in [2.45, 2.75) is 25.0 Å². The van der Waals surface area contributed by atoms with E-state index in [2.05, 4.69) is 10.3 Å². The van der Waals surface area contributed by atoms with Crippen LogP contribution in [0.3, 0.4) is 0 Å². The highest BCUT2D eigenvalue weighted by molar-refractivity contribution is 5.81. The zero-order valence-corrected chi connectivity index (χ0v) is 13.4. The van der Waals surface area contributed by atoms with E-state index in [-0.39, 0.29) is 18.1 Å². The van der Waals surface area contributed by atoms with Crippen LogP contribution in [0, 0.1) is 0 Å². The summed E-state index contributed by atoms with van der Waals surface area (Å²) >= 11 is 0. The molecule has 0 radical (unpaired) electrons. The average Bonchev–Trinajstić information content (AvgIpc) is 3.24. The molecule has 0 saturated carbocycles. The van der Waals surface area contributed by atoms with Gasteiger partial charge in [0.1, 0.15) is 23.7 Å². The van der Waals surface area contributed by atoms with Gasteiger partial charge in [-0.05, 0) is 30.5 Å². The number of benzene rings is 1. The predicted molar refractivity (Wildman–Crippen MR) is 85.2 cm³/mol. The van der Waals surface area contributed by atoms with Gasteiger partial charge in [0.2, 0.25) is 5.91 Å². The summed E-state index contributed by atoms with van der Waals surface area (Å²) in [6.45, 7) is 0.647. The van der Waals surface area contributed by atoms with Crippen molar-refractivity contribution in [3.05, 3.63) is 48.0 Å². The van der Waals surface area contributed by atoms with Crippen LogP contribution in [0.5, 0.6) is 5.75 Å². The van der Waals surface area contributed by atoms with Crippen molar-refractivity contribution in [3.8, 4) is 5.75 Å². The van der Waals surface area contributed by atoms with E-state index < -0.39 is 0 Å². The van der Waals surface area contributed by atoms with Crippen LogP contribution in [0.1, 0.15) is 30.3 Å². The summed E-state index contributed by atoms with van der Waals surface area (Å²) in [6.07, 6.45) is 4.92. The number of imidazole rings is 1. The van der Waals surface area contributed by atoms with Crippen molar-refractivity contribution < 1.29 is 14.3 Å². The predicted octanol–water partition coefficient (Wildman–Crippen LogP) is 1.81. The number of rotatable bonds is 5. The van der Waals surface area contributed by atoms with Gasteiger partial charge in [0.25, 0.3) is 0 Å². The third-order valence-corrected chi connectivity index (χ3v) is 4.07. The number of carbonyl (C=O) groups is 1. The molecule has 2 heterocycles. The Morgan fingerprint density at radius 1 is 1.43 bits per heavy atom. The lowest BCUT2D eigenvalue weighted by molar-refractivity contribution is -0.130. The van der Waals surface area contributed by atoms with Gasteiger partial charge >= 0.3 is 0 Å². The van der Waals surface area contributed by atoms with Gasteiger partial charge in [0.05, 0.1) is 7.11 Å². The molecule has 3 rings (SSSR count). The van der Waals surface area contributed by atoms with Crippen LogP contribution < -0.4 is 10.1 Å². The van der Waals surface area contributed by atoms with E-state index in [0.29, 0.717) is 6.61 Å². The van der Waals surface area contributed by atoms with Crippen LogP contribution in [0.4, 0.5) is 0 Å². The van der Waals surface area contributed by atoms with E-state index in [0.717, 1.165) is 30.0 Å². The third-order valence-electron chi connectivity index (χ3n) is 4.07. The summed E-state index contributed by atoms with van der Waals surface area (Å²) in [5.41, 5.74) is 0.950. The van der Waals surface area contributed by atoms with Gasteiger partial charge in [-0.25, -0.2) is 4.98 Å². The normalized spacial score (nSPS) is 18.6. The quantitative estimate of drug-likeness (QED) is 0.914. The Kier molecular flexibility index (Phi) is 4.62. The number of aryl methyl sites for hydroxylation is 1. The number of carbonyl (C=O) groups excluding carboxylic acids is 1. The van der Waals surface area contributed by atoms with Crippen molar-refractivity contribution in [1.82, 2.24) is 14.9 Å². The Hall–Kier alpha value is -2.34. The maximum absolute atomic E-state index is 12.5. The van der Waals surface area contributed by atoms with E-state index >= 15 is 0 Å². The molecule has 122 valence electrons. The Labute approximate surface area is 135 Å². The van der Waals surface area contributed by atoms with E-state index in [1.165, 1.54) is 0 Å². The molecule has 0 aliphatic carbocycles. The lowest BCUT2D eigenvalue weighted by Gasteiger charge is -2.21. The fraction of sp³-hybridized carbons (Fsp3) is 0.412. The number of ether oxygens (including phenoxy) is 2. The van der Waals surface area contributed by atoms with Gasteiger partial charge in [0, 0.05) is 26.0 Å². The molecule has 2 aromatic rings. The van der Waals surface area contributed by atoms with Gasteiger partial charge in [-0.15, -0.1) is 0 Å². The van der Waals surface area contributed by atoms with E-state index in [4.69, 9.17) is 9.47 Å². The zero-order chi connectivity index (χ0) is 16.2. The smallest absolute Gasteiger partial charge is 0.249 e. The molecule has 1 saturated heterocycles. The molecule has 1 aromatic carbocycles. The fourth-order valence-electron chi connectivity index (χ4n) is 2.77. The molecule has 1 aliphatic heterocycles. The second-order valence-electron chi connectivity index (χ2n) is 5.61. The van der Waals surface area contributed by atoms with Crippen molar-refractivity contribution in [3.63, 3.8) is 0 Å². The largest absolute Gasteiger partial charge is 0.497 e. The highest BCUT2D eigenvalue weighted by Gasteiger charge is 2.28. The molecule has 1 N–H and O–H groups in total. The minimum Gasteiger partial charge on any atom is -0.497 e. The number of amides is 1. The van der Waals surface area contributed by atoms with Crippen molar-refractivity contribution >= 4 is 5.91 Å². The Balaban J connectivity index is 1.86. The molecule has 2 atom stereocenters. The van der Waals surface area contributed by atoms with E-state index in [9.17, 15) is 4.79 Å². The summed E-state index contributed by atoms with van der Waals surface area (Å²) < 4.78 is 12.6. The number of methoxy groups -OCH3 is 1. The molecule has 6 heteroatoms. The Bertz CT molecular complexity index is 660. The topological polar surface area (TPSA) is 65.4 Å². The molecule has 1 aliphatic rings. The number of nitrogens with one attached hydrogen (secondary N) is 1. The van der Waals surface area contributed by atoms with Gasteiger partial charge < -0.3 is 19.4 Å². The minimum absolute atomic E-state index is 0.0914. The van der Waals surface area contributed by atoms with Gasteiger partial charge in [-0.1, -0.05) is 12.1 Å². The number of hydrogen-bond donors (Lipinski definition) is 1. The van der Waals surface area contributed by atoms with Gasteiger partial charge in [0.15, 0.2) is 0 Å². The maximum atomic E-state index is 12.5. The monoisotopic (exact) mass is 315 g/mol. The summed E-state index contributed by atoms with van der Waals surface area (Å²) in [7, 11) is 3.54. The zero-order valence-electron chi connectivity index (χ0n) is 13.4. The molecular formula is C17H21N3O3. The molecule has 0 bridgehead atoms. The molecule has 1 aromatic heterocycles. The fourth-order valence-corrected chi connectivity index (χ4v) is 2.77. The molecule has 0 spiro atoms. The average molecular weight is 315 g/mol. The summed E-state index contributed by atoms with van der Waals surface area (Å²) in [5, 5.41) is 3.07. The van der Waals surface area contributed by atoms with Gasteiger partial charge in [-0.3, -0.25) is 4.79 Å². The standard InChI is InChI=1S/C17H21N3O3/c1-20-10-9-18-16(20)15(12-5-7-13(22-2)8-6-12)19-17(21)14-4-3-11-23-14/h5-10,14-15H,3-4,11H2,1-2H3,(H,19,21)/t14-,15-/m1/s1. The van der Waals surface area contributed by atoms with E-state index in [1.54, 1.807) is 13.3 Å². The number of hydrogen-bond acceptors (Lipinski definition) is 4. The number of aromatic nitrogens is 2. The first kappa shape index (κ1) is 15.6. The Morgan fingerprint density at radius 2 is 2.22 bits per heavy atom. The third kappa shape index (κ3) is 3.37. The summed E-state index contributed by atoms with van der Waals surface area (Å²) in [6, 6.07) is 7.31.